The molecule has 1 aliphatic carbocycles. The summed E-state index contributed by atoms with van der Waals surface area (Å²) < 4.78 is 32.4. The molecule has 27 heavy (non-hydrogen) atoms. The van der Waals surface area contributed by atoms with Gasteiger partial charge in [-0.25, -0.2) is 4.68 Å². The fourth-order valence-electron chi connectivity index (χ4n) is 2.20. The number of ether oxygens (including phenoxy) is 1. The van der Waals surface area contributed by atoms with E-state index in [0.717, 1.165) is 6.07 Å². The number of halogens is 3. The van der Waals surface area contributed by atoms with Crippen LogP contribution in [0.25, 0.3) is 0 Å². The first-order valence-corrected chi connectivity index (χ1v) is 8.27. The lowest BCUT2D eigenvalue weighted by atomic mass is 10.1. The average Bonchev–Trinajstić information content (AvgIpc) is 3.34. The predicted molar refractivity (Wildman–Crippen MR) is 90.8 cm³/mol. The van der Waals surface area contributed by atoms with E-state index >= 15 is 0 Å². The molecule has 12 heteroatoms. The lowest BCUT2D eigenvalue weighted by Gasteiger charge is -2.19. The van der Waals surface area contributed by atoms with Crippen molar-refractivity contribution in [2.75, 3.05) is 10.6 Å². The minimum Gasteiger partial charge on any atom is -0.430 e. The molecule has 2 N–H and O–H groups in total. The summed E-state index contributed by atoms with van der Waals surface area (Å²) in [5, 5.41) is 15.2. The van der Waals surface area contributed by atoms with Crippen molar-refractivity contribution in [2.24, 2.45) is 13.0 Å². The van der Waals surface area contributed by atoms with Gasteiger partial charge in [0.1, 0.15) is 5.69 Å². The number of aromatic nitrogens is 4. The smallest absolute Gasteiger partial charge is 0.394 e. The first-order valence-electron chi connectivity index (χ1n) is 7.89. The molecule has 1 fully saturated rings. The second-order valence-corrected chi connectivity index (χ2v) is 6.43. The second kappa shape index (κ2) is 7.06. The SMILES string of the molecule is Cn1nnnc1NC(=O)c1ccc(OC(C)(F)F)c(NC(=O)C2CC2)c1Cl. The molecule has 3 rings (SSSR count). The number of hydrogen-bond acceptors (Lipinski definition) is 6. The molecule has 2 aromatic rings. The van der Waals surface area contributed by atoms with Crippen LogP contribution in [0.3, 0.4) is 0 Å². The number of tetrazole rings is 1. The number of hydrogen-bond donors (Lipinski definition) is 2. The Labute approximate surface area is 157 Å². The van der Waals surface area contributed by atoms with E-state index in [-0.39, 0.29) is 39.8 Å². The summed E-state index contributed by atoms with van der Waals surface area (Å²) in [6.45, 7) is 0.551. The number of nitrogens with one attached hydrogen (secondary N) is 2. The molecule has 0 saturated heterocycles. The maximum atomic E-state index is 13.3. The van der Waals surface area contributed by atoms with Crippen molar-refractivity contribution in [3.63, 3.8) is 0 Å². The molecular weight excluding hydrogens is 386 g/mol. The van der Waals surface area contributed by atoms with Gasteiger partial charge in [0.05, 0.1) is 10.6 Å². The highest BCUT2D eigenvalue weighted by molar-refractivity contribution is 6.37. The molecule has 1 heterocycles. The number of rotatable bonds is 6. The summed E-state index contributed by atoms with van der Waals surface area (Å²) in [5.74, 6) is -1.57. The van der Waals surface area contributed by atoms with Gasteiger partial charge >= 0.3 is 6.11 Å². The number of amides is 2. The second-order valence-electron chi connectivity index (χ2n) is 6.05. The normalized spacial score (nSPS) is 14.0. The number of nitrogens with zero attached hydrogens (tertiary/aromatic N) is 4. The van der Waals surface area contributed by atoms with E-state index in [1.165, 1.54) is 17.8 Å². The van der Waals surface area contributed by atoms with Gasteiger partial charge in [0.15, 0.2) is 5.75 Å². The number of carbonyl (C=O) groups excluding carboxylic acids is 2. The molecule has 0 spiro atoms. The fourth-order valence-corrected chi connectivity index (χ4v) is 2.49. The molecule has 0 atom stereocenters. The molecule has 1 aromatic heterocycles. The van der Waals surface area contributed by atoms with Crippen molar-refractivity contribution >= 4 is 35.1 Å². The van der Waals surface area contributed by atoms with Crippen molar-refractivity contribution in [3.8, 4) is 5.75 Å². The van der Waals surface area contributed by atoms with Crippen LogP contribution in [0.1, 0.15) is 30.1 Å². The Hall–Kier alpha value is -2.82. The van der Waals surface area contributed by atoms with Gasteiger partial charge in [-0.3, -0.25) is 14.9 Å². The Balaban J connectivity index is 1.93. The van der Waals surface area contributed by atoms with E-state index in [2.05, 4.69) is 30.9 Å². The van der Waals surface area contributed by atoms with E-state index in [1.54, 1.807) is 0 Å². The van der Waals surface area contributed by atoms with Crippen LogP contribution in [-0.4, -0.2) is 38.1 Å². The summed E-state index contributed by atoms with van der Waals surface area (Å²) >= 11 is 6.23. The van der Waals surface area contributed by atoms with E-state index in [1.807, 2.05) is 0 Å². The molecule has 144 valence electrons. The quantitative estimate of drug-likeness (QED) is 0.770. The van der Waals surface area contributed by atoms with Gasteiger partial charge in [-0.05, 0) is 35.4 Å². The third-order valence-corrected chi connectivity index (χ3v) is 4.07. The van der Waals surface area contributed by atoms with Crippen molar-refractivity contribution in [1.82, 2.24) is 20.2 Å². The molecule has 1 saturated carbocycles. The van der Waals surface area contributed by atoms with Crippen LogP contribution < -0.4 is 15.4 Å². The first kappa shape index (κ1) is 19.0. The van der Waals surface area contributed by atoms with Crippen molar-refractivity contribution < 1.29 is 23.1 Å². The van der Waals surface area contributed by atoms with Crippen LogP contribution >= 0.6 is 11.6 Å². The van der Waals surface area contributed by atoms with E-state index in [4.69, 9.17) is 11.6 Å². The zero-order valence-corrected chi connectivity index (χ0v) is 15.0. The van der Waals surface area contributed by atoms with Crippen LogP contribution in [0, 0.1) is 5.92 Å². The largest absolute Gasteiger partial charge is 0.430 e. The highest BCUT2D eigenvalue weighted by Gasteiger charge is 2.33. The van der Waals surface area contributed by atoms with Crippen LogP contribution in [0.4, 0.5) is 20.4 Å². The standard InChI is InChI=1S/C15H15ClF2N6O3/c1-15(17,18)27-9-6-5-8(13(26)20-14-21-22-23-24(14)2)10(16)11(9)19-12(25)7-3-4-7/h5-7H,3-4H2,1-2H3,(H,19,25)(H,20,21,23,26). The fraction of sp³-hybridized carbons (Fsp3) is 0.400. The molecule has 9 nitrogen and oxygen atoms in total. The summed E-state index contributed by atoms with van der Waals surface area (Å²) in [6.07, 6.45) is -2.11. The summed E-state index contributed by atoms with van der Waals surface area (Å²) in [6, 6.07) is 2.34. The number of aryl methyl sites for hydroxylation is 1. The zero-order chi connectivity index (χ0) is 19.8. The highest BCUT2D eigenvalue weighted by atomic mass is 35.5. The van der Waals surface area contributed by atoms with Gasteiger partial charge < -0.3 is 10.1 Å². The maximum Gasteiger partial charge on any atom is 0.394 e. The lowest BCUT2D eigenvalue weighted by molar-refractivity contribution is -0.158. The van der Waals surface area contributed by atoms with Gasteiger partial charge in [0.25, 0.3) is 5.91 Å². The number of benzene rings is 1. The van der Waals surface area contributed by atoms with Gasteiger partial charge in [0.2, 0.25) is 11.9 Å². The average molecular weight is 401 g/mol. The van der Waals surface area contributed by atoms with Crippen molar-refractivity contribution in [3.05, 3.63) is 22.7 Å². The zero-order valence-electron chi connectivity index (χ0n) is 14.3. The molecule has 0 radical (unpaired) electrons. The van der Waals surface area contributed by atoms with Crippen LogP contribution in [0.15, 0.2) is 12.1 Å². The van der Waals surface area contributed by atoms with Crippen molar-refractivity contribution in [2.45, 2.75) is 25.9 Å². The minimum atomic E-state index is -3.50. The Morgan fingerprint density at radius 2 is 2.04 bits per heavy atom. The maximum absolute atomic E-state index is 13.3. The summed E-state index contributed by atoms with van der Waals surface area (Å²) in [5.41, 5.74) is -0.267. The number of alkyl halides is 2. The Kier molecular flexibility index (Phi) is 4.96. The Morgan fingerprint density at radius 3 is 2.59 bits per heavy atom. The summed E-state index contributed by atoms with van der Waals surface area (Å²) in [4.78, 5) is 24.5. The lowest BCUT2D eigenvalue weighted by Crippen LogP contribution is -2.23. The molecule has 0 bridgehead atoms. The van der Waals surface area contributed by atoms with E-state index < -0.39 is 12.0 Å². The molecule has 2 amide bonds. The van der Waals surface area contributed by atoms with Gasteiger partial charge in [0, 0.05) is 19.9 Å². The number of carbonyl (C=O) groups is 2. The molecular formula is C15H15ClF2N6O3. The van der Waals surface area contributed by atoms with E-state index in [9.17, 15) is 18.4 Å². The molecule has 0 unspecified atom stereocenters. The van der Waals surface area contributed by atoms with Crippen LogP contribution in [-0.2, 0) is 11.8 Å². The Bertz CT molecular complexity index is 894. The summed E-state index contributed by atoms with van der Waals surface area (Å²) in [7, 11) is 1.51. The monoisotopic (exact) mass is 400 g/mol. The molecule has 0 aliphatic heterocycles. The minimum absolute atomic E-state index is 0.0556. The first-order chi connectivity index (χ1) is 12.7. The molecule has 1 aliphatic rings. The number of anilines is 2. The molecule has 1 aromatic carbocycles. The van der Waals surface area contributed by atoms with Crippen LogP contribution in [0.5, 0.6) is 5.75 Å². The van der Waals surface area contributed by atoms with Gasteiger partial charge in [-0.15, -0.1) is 0 Å². The van der Waals surface area contributed by atoms with Gasteiger partial charge in [-0.2, -0.15) is 8.78 Å². The van der Waals surface area contributed by atoms with Gasteiger partial charge in [-0.1, -0.05) is 16.7 Å². The highest BCUT2D eigenvalue weighted by Crippen LogP contribution is 2.40. The topological polar surface area (TPSA) is 111 Å². The van der Waals surface area contributed by atoms with Crippen molar-refractivity contribution in [1.29, 1.82) is 0 Å². The van der Waals surface area contributed by atoms with E-state index in [0.29, 0.717) is 19.8 Å². The third-order valence-electron chi connectivity index (χ3n) is 3.68. The predicted octanol–water partition coefficient (Wildman–Crippen LogP) is 2.46. The third kappa shape index (κ3) is 4.48. The Morgan fingerprint density at radius 1 is 1.33 bits per heavy atom. The van der Waals surface area contributed by atoms with Crippen LogP contribution in [0.2, 0.25) is 5.02 Å².